The highest BCUT2D eigenvalue weighted by Crippen LogP contribution is 2.35. The molecule has 0 N–H and O–H groups in total. The second kappa shape index (κ2) is 7.06. The molecule has 1 aromatic carbocycles. The van der Waals surface area contributed by atoms with E-state index < -0.39 is 0 Å². The highest BCUT2D eigenvalue weighted by molar-refractivity contribution is 6.67. The van der Waals surface area contributed by atoms with E-state index in [0.29, 0.717) is 11.5 Å². The molecule has 2 nitrogen and oxygen atoms in total. The van der Waals surface area contributed by atoms with Gasteiger partial charge in [0.1, 0.15) is 0 Å². The van der Waals surface area contributed by atoms with Crippen molar-refractivity contribution in [3.8, 4) is 0 Å². The molecule has 104 valence electrons. The van der Waals surface area contributed by atoms with Gasteiger partial charge < -0.3 is 4.74 Å². The van der Waals surface area contributed by atoms with E-state index in [2.05, 4.69) is 0 Å². The van der Waals surface area contributed by atoms with Gasteiger partial charge in [-0.1, -0.05) is 12.1 Å². The minimum absolute atomic E-state index is 0.382. The topological polar surface area (TPSA) is 26.3 Å². The lowest BCUT2D eigenvalue weighted by Gasteiger charge is -2.28. The van der Waals surface area contributed by atoms with Crippen molar-refractivity contribution in [3.63, 3.8) is 0 Å². The van der Waals surface area contributed by atoms with Crippen LogP contribution in [0.4, 0.5) is 0 Å². The lowest BCUT2D eigenvalue weighted by molar-refractivity contribution is 0.0920. The maximum absolute atomic E-state index is 11.0. The summed E-state index contributed by atoms with van der Waals surface area (Å²) in [5.74, 6) is 1.34. The summed E-state index contributed by atoms with van der Waals surface area (Å²) in [4.78, 5) is 11.0. The molecule has 0 unspecified atom stereocenters. The molecule has 1 aliphatic rings. The summed E-state index contributed by atoms with van der Waals surface area (Å²) in [6.45, 7) is 3.77. The number of ether oxygens (including phenoxy) is 1. The Balaban J connectivity index is 1.88. The molecule has 1 saturated carbocycles. The van der Waals surface area contributed by atoms with Crippen LogP contribution in [0, 0.1) is 5.92 Å². The average molecular weight is 281 g/mol. The Labute approximate surface area is 120 Å². The number of rotatable bonds is 5. The predicted octanol–water partition coefficient (Wildman–Crippen LogP) is 4.38. The van der Waals surface area contributed by atoms with E-state index in [4.69, 9.17) is 16.3 Å². The second-order valence-electron chi connectivity index (χ2n) is 5.27. The normalized spacial score (nSPS) is 23.3. The van der Waals surface area contributed by atoms with Crippen molar-refractivity contribution in [1.29, 1.82) is 0 Å². The molecule has 1 aliphatic carbocycles. The van der Waals surface area contributed by atoms with Crippen molar-refractivity contribution >= 4 is 16.8 Å². The standard InChI is InChI=1S/C16H21ClO2/c1-2-19-11-12-3-5-13(6-4-12)14-7-9-15(10-8-14)16(17)18/h7-10,12-13H,2-6,11H2,1H3. The maximum Gasteiger partial charge on any atom is 0.252 e. The van der Waals surface area contributed by atoms with Crippen LogP contribution in [0.1, 0.15) is 54.4 Å². The molecule has 0 heterocycles. The molecule has 0 spiro atoms. The lowest BCUT2D eigenvalue weighted by Crippen LogP contribution is -2.17. The summed E-state index contributed by atoms with van der Waals surface area (Å²) in [6.07, 6.45) is 4.90. The van der Waals surface area contributed by atoms with Crippen molar-refractivity contribution in [2.75, 3.05) is 13.2 Å². The SMILES string of the molecule is CCOCC1CCC(c2ccc(C(=O)Cl)cc2)CC1. The number of benzene rings is 1. The van der Waals surface area contributed by atoms with Crippen LogP contribution in [0.5, 0.6) is 0 Å². The van der Waals surface area contributed by atoms with Crippen LogP contribution in [-0.2, 0) is 4.74 Å². The molecule has 0 saturated heterocycles. The van der Waals surface area contributed by atoms with Gasteiger partial charge in [0.15, 0.2) is 0 Å². The fraction of sp³-hybridized carbons (Fsp3) is 0.562. The van der Waals surface area contributed by atoms with E-state index in [1.165, 1.54) is 31.2 Å². The molecule has 1 aromatic rings. The van der Waals surface area contributed by atoms with Gasteiger partial charge in [0, 0.05) is 18.8 Å². The predicted molar refractivity (Wildman–Crippen MR) is 77.8 cm³/mol. The third kappa shape index (κ3) is 4.05. The fourth-order valence-corrected chi connectivity index (χ4v) is 2.96. The smallest absolute Gasteiger partial charge is 0.252 e. The summed E-state index contributed by atoms with van der Waals surface area (Å²) in [7, 11) is 0. The van der Waals surface area contributed by atoms with Crippen LogP contribution in [0.2, 0.25) is 0 Å². The van der Waals surface area contributed by atoms with Crippen molar-refractivity contribution in [2.24, 2.45) is 5.92 Å². The third-order valence-electron chi connectivity index (χ3n) is 4.01. The summed E-state index contributed by atoms with van der Waals surface area (Å²) in [5.41, 5.74) is 1.91. The van der Waals surface area contributed by atoms with Crippen molar-refractivity contribution in [3.05, 3.63) is 35.4 Å². The van der Waals surface area contributed by atoms with E-state index in [-0.39, 0.29) is 5.24 Å². The van der Waals surface area contributed by atoms with Gasteiger partial charge in [0.2, 0.25) is 0 Å². The fourth-order valence-electron chi connectivity index (χ4n) is 2.83. The Morgan fingerprint density at radius 1 is 1.21 bits per heavy atom. The Morgan fingerprint density at radius 3 is 2.37 bits per heavy atom. The van der Waals surface area contributed by atoms with Crippen LogP contribution in [0.15, 0.2) is 24.3 Å². The van der Waals surface area contributed by atoms with Crippen LogP contribution in [0.3, 0.4) is 0 Å². The van der Waals surface area contributed by atoms with Gasteiger partial charge in [0.25, 0.3) is 5.24 Å². The summed E-state index contributed by atoms with van der Waals surface area (Å²) >= 11 is 5.46. The first-order chi connectivity index (χ1) is 9.20. The van der Waals surface area contributed by atoms with Crippen LogP contribution in [-0.4, -0.2) is 18.5 Å². The van der Waals surface area contributed by atoms with Gasteiger partial charge in [-0.15, -0.1) is 0 Å². The van der Waals surface area contributed by atoms with Crippen molar-refractivity contribution < 1.29 is 9.53 Å². The quantitative estimate of drug-likeness (QED) is 0.749. The number of hydrogen-bond acceptors (Lipinski definition) is 2. The zero-order valence-electron chi connectivity index (χ0n) is 11.4. The van der Waals surface area contributed by atoms with E-state index in [1.807, 2.05) is 31.2 Å². The first-order valence-electron chi connectivity index (χ1n) is 7.08. The lowest BCUT2D eigenvalue weighted by atomic mass is 9.79. The van der Waals surface area contributed by atoms with Gasteiger partial charge in [-0.05, 0) is 73.7 Å². The maximum atomic E-state index is 11.0. The van der Waals surface area contributed by atoms with Gasteiger partial charge >= 0.3 is 0 Å². The molecule has 0 radical (unpaired) electrons. The van der Waals surface area contributed by atoms with Gasteiger partial charge in [-0.3, -0.25) is 4.79 Å². The molecule has 19 heavy (non-hydrogen) atoms. The van der Waals surface area contributed by atoms with Crippen LogP contribution < -0.4 is 0 Å². The third-order valence-corrected chi connectivity index (χ3v) is 4.23. The number of carbonyl (C=O) groups is 1. The van der Waals surface area contributed by atoms with Crippen molar-refractivity contribution in [2.45, 2.75) is 38.5 Å². The monoisotopic (exact) mass is 280 g/mol. The number of carbonyl (C=O) groups excluding carboxylic acids is 1. The van der Waals surface area contributed by atoms with Gasteiger partial charge in [-0.25, -0.2) is 0 Å². The van der Waals surface area contributed by atoms with E-state index in [9.17, 15) is 4.79 Å². The molecule has 3 heteroatoms. The molecule has 0 amide bonds. The molecule has 0 aromatic heterocycles. The number of hydrogen-bond donors (Lipinski definition) is 0. The Morgan fingerprint density at radius 2 is 1.84 bits per heavy atom. The average Bonchev–Trinajstić information content (AvgIpc) is 2.46. The largest absolute Gasteiger partial charge is 0.381 e. The summed E-state index contributed by atoms with van der Waals surface area (Å²) in [5, 5.41) is -0.382. The Hall–Kier alpha value is -0.860. The highest BCUT2D eigenvalue weighted by Gasteiger charge is 2.22. The Kier molecular flexibility index (Phi) is 5.41. The van der Waals surface area contributed by atoms with E-state index >= 15 is 0 Å². The first-order valence-corrected chi connectivity index (χ1v) is 7.46. The molecular weight excluding hydrogens is 260 g/mol. The molecule has 1 fully saturated rings. The van der Waals surface area contributed by atoms with Gasteiger partial charge in [-0.2, -0.15) is 0 Å². The highest BCUT2D eigenvalue weighted by atomic mass is 35.5. The van der Waals surface area contributed by atoms with E-state index in [0.717, 1.165) is 19.1 Å². The van der Waals surface area contributed by atoms with Crippen LogP contribution in [0.25, 0.3) is 0 Å². The zero-order chi connectivity index (χ0) is 13.7. The molecule has 0 bridgehead atoms. The molecular formula is C16H21ClO2. The minimum atomic E-state index is -0.382. The summed E-state index contributed by atoms with van der Waals surface area (Å²) < 4.78 is 5.50. The molecule has 0 atom stereocenters. The first kappa shape index (κ1) is 14.5. The second-order valence-corrected chi connectivity index (χ2v) is 5.62. The van der Waals surface area contributed by atoms with Crippen molar-refractivity contribution in [1.82, 2.24) is 0 Å². The molecule has 0 aliphatic heterocycles. The zero-order valence-corrected chi connectivity index (χ0v) is 12.2. The Bertz CT molecular complexity index is 405. The summed E-state index contributed by atoms with van der Waals surface area (Å²) in [6, 6.07) is 7.75. The van der Waals surface area contributed by atoms with Gasteiger partial charge in [0.05, 0.1) is 0 Å². The minimum Gasteiger partial charge on any atom is -0.381 e. The van der Waals surface area contributed by atoms with E-state index in [1.54, 1.807) is 0 Å². The number of halogens is 1. The van der Waals surface area contributed by atoms with Crippen LogP contribution >= 0.6 is 11.6 Å². The molecule has 2 rings (SSSR count).